The fraction of sp³-hybridized carbons (Fsp3) is 0.200. The molecule has 2 amide bonds. The summed E-state index contributed by atoms with van der Waals surface area (Å²) in [6, 6.07) is 17.5. The van der Waals surface area contributed by atoms with Crippen LogP contribution in [0.1, 0.15) is 23.7 Å². The average Bonchev–Trinajstić information content (AvgIpc) is 3.22. The molecule has 4 aromatic rings. The van der Waals surface area contributed by atoms with Crippen LogP contribution in [-0.2, 0) is 17.9 Å². The molecule has 0 atom stereocenters. The van der Waals surface area contributed by atoms with Gasteiger partial charge < -0.3 is 19.4 Å². The highest BCUT2D eigenvalue weighted by molar-refractivity contribution is 6.04. The van der Waals surface area contributed by atoms with Crippen molar-refractivity contribution in [3.8, 4) is 0 Å². The molecule has 2 aromatic carbocycles. The number of nitrogens with zero attached hydrogens (tertiary/aromatic N) is 4. The lowest BCUT2D eigenvalue weighted by Crippen LogP contribution is -2.34. The maximum atomic E-state index is 12.8. The van der Waals surface area contributed by atoms with Crippen molar-refractivity contribution in [1.29, 1.82) is 0 Å². The van der Waals surface area contributed by atoms with Crippen LogP contribution in [0.4, 0.5) is 11.4 Å². The lowest BCUT2D eigenvalue weighted by molar-refractivity contribution is -0.118. The van der Waals surface area contributed by atoms with Crippen molar-refractivity contribution in [2.45, 2.75) is 26.4 Å². The molecule has 8 nitrogen and oxygen atoms in total. The molecule has 0 saturated carbocycles. The Hall–Kier alpha value is -4.20. The van der Waals surface area contributed by atoms with Gasteiger partial charge in [-0.1, -0.05) is 25.1 Å². The molecule has 168 valence electrons. The topological polar surface area (TPSA) is 89.2 Å². The number of nitrogens with one attached hydrogen (secondary N) is 1. The molecule has 0 aliphatic rings. The van der Waals surface area contributed by atoms with E-state index < -0.39 is 0 Å². The minimum Gasteiger partial charge on any atom is -0.331 e. The Morgan fingerprint density at radius 1 is 1.03 bits per heavy atom. The van der Waals surface area contributed by atoms with Crippen LogP contribution in [0.15, 0.2) is 78.0 Å². The number of para-hydroxylation sites is 1. The van der Waals surface area contributed by atoms with Crippen LogP contribution in [0.5, 0.6) is 0 Å². The van der Waals surface area contributed by atoms with Crippen molar-refractivity contribution in [1.82, 2.24) is 14.1 Å². The molecule has 0 spiro atoms. The summed E-state index contributed by atoms with van der Waals surface area (Å²) in [6.07, 6.45) is 4.20. The van der Waals surface area contributed by atoms with E-state index in [2.05, 4.69) is 21.8 Å². The standard InChI is InChI=1S/C25H25N5O3/c1-3-13-29-17-26-21-14-19(10-11-22(21)29)27-25(33)18-9-12-23(31)30(15-18)16-24(32)28(2)20-7-5-4-6-8-20/h4-12,14-15,17H,3,13,16H2,1-2H3,(H,27,33). The van der Waals surface area contributed by atoms with Crippen LogP contribution in [0, 0.1) is 0 Å². The van der Waals surface area contributed by atoms with E-state index in [9.17, 15) is 14.4 Å². The first-order valence-corrected chi connectivity index (χ1v) is 10.7. The number of anilines is 2. The monoisotopic (exact) mass is 443 g/mol. The number of likely N-dealkylation sites (N-methyl/N-ethyl adjacent to an activating group) is 1. The summed E-state index contributed by atoms with van der Waals surface area (Å²) >= 11 is 0. The number of carbonyl (C=O) groups is 2. The zero-order valence-electron chi connectivity index (χ0n) is 18.6. The van der Waals surface area contributed by atoms with Crippen molar-refractivity contribution in [2.75, 3.05) is 17.3 Å². The number of pyridine rings is 1. The highest BCUT2D eigenvalue weighted by Crippen LogP contribution is 2.19. The van der Waals surface area contributed by atoms with Gasteiger partial charge in [0.15, 0.2) is 0 Å². The number of hydrogen-bond acceptors (Lipinski definition) is 4. The Balaban J connectivity index is 1.50. The molecule has 8 heteroatoms. The Kier molecular flexibility index (Phi) is 6.35. The van der Waals surface area contributed by atoms with E-state index in [1.54, 1.807) is 13.4 Å². The van der Waals surface area contributed by atoms with Gasteiger partial charge in [-0.15, -0.1) is 0 Å². The van der Waals surface area contributed by atoms with E-state index in [0.29, 0.717) is 5.69 Å². The molecule has 0 fully saturated rings. The second kappa shape index (κ2) is 9.52. The average molecular weight is 444 g/mol. The van der Waals surface area contributed by atoms with Crippen molar-refractivity contribution in [2.24, 2.45) is 0 Å². The minimum atomic E-state index is -0.375. The second-order valence-corrected chi connectivity index (χ2v) is 7.77. The number of benzene rings is 2. The van der Waals surface area contributed by atoms with Gasteiger partial charge in [0.1, 0.15) is 6.54 Å². The van der Waals surface area contributed by atoms with Gasteiger partial charge in [0.2, 0.25) is 5.91 Å². The number of carbonyl (C=O) groups excluding carboxylic acids is 2. The number of imidazole rings is 1. The molecule has 4 rings (SSSR count). The van der Waals surface area contributed by atoms with Gasteiger partial charge in [0, 0.05) is 37.2 Å². The van der Waals surface area contributed by atoms with E-state index in [-0.39, 0.29) is 29.5 Å². The molecule has 2 aromatic heterocycles. The summed E-state index contributed by atoms with van der Waals surface area (Å²) in [4.78, 5) is 43.7. The number of aryl methyl sites for hydroxylation is 1. The molecule has 1 N–H and O–H groups in total. The lowest BCUT2D eigenvalue weighted by Gasteiger charge is -2.18. The Labute approximate surface area is 191 Å². The van der Waals surface area contributed by atoms with Crippen LogP contribution in [-0.4, -0.2) is 33.0 Å². The highest BCUT2D eigenvalue weighted by Gasteiger charge is 2.14. The van der Waals surface area contributed by atoms with Crippen molar-refractivity contribution in [3.63, 3.8) is 0 Å². The van der Waals surface area contributed by atoms with Crippen molar-refractivity contribution >= 4 is 34.2 Å². The first kappa shape index (κ1) is 22.0. The number of aromatic nitrogens is 3. The zero-order valence-corrected chi connectivity index (χ0v) is 18.6. The summed E-state index contributed by atoms with van der Waals surface area (Å²) in [5, 5.41) is 2.84. The summed E-state index contributed by atoms with van der Waals surface area (Å²) < 4.78 is 3.31. The maximum Gasteiger partial charge on any atom is 0.257 e. The van der Waals surface area contributed by atoms with Crippen molar-refractivity contribution in [3.05, 3.63) is 89.1 Å². The normalized spacial score (nSPS) is 10.8. The quantitative estimate of drug-likeness (QED) is 0.473. The van der Waals surface area contributed by atoms with E-state index in [1.807, 2.05) is 48.5 Å². The third kappa shape index (κ3) is 4.85. The molecule has 33 heavy (non-hydrogen) atoms. The van der Waals surface area contributed by atoms with Gasteiger partial charge in [-0.3, -0.25) is 14.4 Å². The Morgan fingerprint density at radius 2 is 1.82 bits per heavy atom. The number of amides is 2. The van der Waals surface area contributed by atoms with Gasteiger partial charge in [0.05, 0.1) is 22.9 Å². The number of fused-ring (bicyclic) bond motifs is 1. The molecule has 0 radical (unpaired) electrons. The van der Waals surface area contributed by atoms with Crippen LogP contribution in [0.25, 0.3) is 11.0 Å². The van der Waals surface area contributed by atoms with Gasteiger partial charge >= 0.3 is 0 Å². The Bertz CT molecular complexity index is 1360. The first-order valence-electron chi connectivity index (χ1n) is 10.7. The lowest BCUT2D eigenvalue weighted by atomic mass is 10.2. The van der Waals surface area contributed by atoms with Crippen LogP contribution >= 0.6 is 0 Å². The number of hydrogen-bond donors (Lipinski definition) is 1. The van der Waals surface area contributed by atoms with E-state index in [0.717, 1.165) is 29.7 Å². The third-order valence-corrected chi connectivity index (χ3v) is 5.41. The zero-order chi connectivity index (χ0) is 23.4. The molecular formula is C25H25N5O3. The predicted molar refractivity (Wildman–Crippen MR) is 129 cm³/mol. The fourth-order valence-corrected chi connectivity index (χ4v) is 3.60. The Morgan fingerprint density at radius 3 is 2.58 bits per heavy atom. The fourth-order valence-electron chi connectivity index (χ4n) is 3.60. The third-order valence-electron chi connectivity index (χ3n) is 5.41. The van der Waals surface area contributed by atoms with Crippen LogP contribution in [0.3, 0.4) is 0 Å². The predicted octanol–water partition coefficient (Wildman–Crippen LogP) is 3.52. The van der Waals surface area contributed by atoms with Gasteiger partial charge in [-0.05, 0) is 42.8 Å². The van der Waals surface area contributed by atoms with E-state index >= 15 is 0 Å². The maximum absolute atomic E-state index is 12.8. The molecular weight excluding hydrogens is 418 g/mol. The number of rotatable bonds is 7. The summed E-state index contributed by atoms with van der Waals surface area (Å²) in [5.74, 6) is -0.645. The highest BCUT2D eigenvalue weighted by atomic mass is 16.2. The van der Waals surface area contributed by atoms with Crippen LogP contribution < -0.4 is 15.8 Å². The molecule has 0 aliphatic heterocycles. The molecule has 0 aliphatic carbocycles. The second-order valence-electron chi connectivity index (χ2n) is 7.77. The van der Waals surface area contributed by atoms with Crippen LogP contribution in [0.2, 0.25) is 0 Å². The minimum absolute atomic E-state index is 0.174. The molecule has 0 saturated heterocycles. The largest absolute Gasteiger partial charge is 0.331 e. The van der Waals surface area contributed by atoms with Gasteiger partial charge in [-0.2, -0.15) is 0 Å². The van der Waals surface area contributed by atoms with Gasteiger partial charge in [0.25, 0.3) is 11.5 Å². The van der Waals surface area contributed by atoms with E-state index in [1.165, 1.54) is 27.8 Å². The molecule has 0 unspecified atom stereocenters. The summed E-state index contributed by atoms with van der Waals surface area (Å²) in [7, 11) is 1.65. The summed E-state index contributed by atoms with van der Waals surface area (Å²) in [6.45, 7) is 2.81. The van der Waals surface area contributed by atoms with Gasteiger partial charge in [-0.25, -0.2) is 4.98 Å². The smallest absolute Gasteiger partial charge is 0.257 e. The first-order chi connectivity index (χ1) is 16.0. The SMILES string of the molecule is CCCn1cnc2cc(NC(=O)c3ccc(=O)n(CC(=O)N(C)c4ccccc4)c3)ccc21. The molecule has 2 heterocycles. The van der Waals surface area contributed by atoms with E-state index in [4.69, 9.17) is 0 Å². The summed E-state index contributed by atoms with van der Waals surface area (Å²) in [5.41, 5.74) is 3.05. The van der Waals surface area contributed by atoms with Crippen molar-refractivity contribution < 1.29 is 9.59 Å². The molecule has 0 bridgehead atoms.